The van der Waals surface area contributed by atoms with E-state index in [4.69, 9.17) is 0 Å². The molecule has 0 spiro atoms. The lowest BCUT2D eigenvalue weighted by molar-refractivity contribution is -0.114. The lowest BCUT2D eigenvalue weighted by atomic mass is 10.0. The molecule has 0 fully saturated rings. The normalized spacial score (nSPS) is 10.6. The molecule has 4 rings (SSSR count). The minimum absolute atomic E-state index is 0.193. The van der Waals surface area contributed by atoms with Crippen molar-refractivity contribution in [3.63, 3.8) is 0 Å². The first-order valence-corrected chi connectivity index (χ1v) is 8.65. The van der Waals surface area contributed by atoms with E-state index in [-0.39, 0.29) is 5.91 Å². The van der Waals surface area contributed by atoms with Crippen LogP contribution in [0.1, 0.15) is 18.3 Å². The fraction of sp³-hybridized carbons (Fsp3) is 0.0952. The largest absolute Gasteiger partial charge is 0.311 e. The maximum absolute atomic E-state index is 11.4. The smallest absolute Gasteiger partial charge is 0.222 e. The van der Waals surface area contributed by atoms with E-state index in [9.17, 15) is 10.1 Å². The van der Waals surface area contributed by atoms with Crippen LogP contribution in [0.3, 0.4) is 0 Å². The summed E-state index contributed by atoms with van der Waals surface area (Å²) >= 11 is 0. The minimum atomic E-state index is -0.193. The Morgan fingerprint density at radius 3 is 2.75 bits per heavy atom. The standard InChI is InChI=1S/C21H16N6O/c1-13-4-3-5-18(24-13)21-17(7-8-19(26-21)25-14(2)28)15-6-9-20-23-11-16(10-22)27(20)12-15/h3-9,11-12H,1-2H3,(H,25,26,28). The van der Waals surface area contributed by atoms with Gasteiger partial charge >= 0.3 is 0 Å². The van der Waals surface area contributed by atoms with Crippen LogP contribution in [-0.2, 0) is 4.79 Å². The number of carbonyl (C=O) groups excluding carboxylic acids is 1. The number of carbonyl (C=O) groups is 1. The molecule has 136 valence electrons. The van der Waals surface area contributed by atoms with Crippen molar-refractivity contribution in [2.24, 2.45) is 0 Å². The van der Waals surface area contributed by atoms with Gasteiger partial charge < -0.3 is 5.32 Å². The molecular weight excluding hydrogens is 352 g/mol. The second-order valence-electron chi connectivity index (χ2n) is 6.34. The number of nitrogens with one attached hydrogen (secondary N) is 1. The zero-order chi connectivity index (χ0) is 19.7. The Hall–Kier alpha value is -4.05. The lowest BCUT2D eigenvalue weighted by Crippen LogP contribution is -2.08. The number of nitriles is 1. The molecule has 7 heteroatoms. The van der Waals surface area contributed by atoms with Gasteiger partial charge in [0.25, 0.3) is 0 Å². The topological polar surface area (TPSA) is 96.0 Å². The van der Waals surface area contributed by atoms with Gasteiger partial charge in [-0.15, -0.1) is 0 Å². The van der Waals surface area contributed by atoms with Crippen LogP contribution in [0, 0.1) is 18.3 Å². The molecule has 0 unspecified atom stereocenters. The second-order valence-corrected chi connectivity index (χ2v) is 6.34. The number of nitrogens with zero attached hydrogens (tertiary/aromatic N) is 5. The summed E-state index contributed by atoms with van der Waals surface area (Å²) in [6.07, 6.45) is 3.40. The van der Waals surface area contributed by atoms with Crippen LogP contribution >= 0.6 is 0 Å². The Morgan fingerprint density at radius 2 is 2.00 bits per heavy atom. The van der Waals surface area contributed by atoms with Crippen molar-refractivity contribution in [2.75, 3.05) is 5.32 Å². The van der Waals surface area contributed by atoms with Gasteiger partial charge in [0.2, 0.25) is 5.91 Å². The SMILES string of the molecule is CC(=O)Nc1ccc(-c2ccc3ncc(C#N)n3c2)c(-c2cccc(C)n2)n1. The zero-order valence-corrected chi connectivity index (χ0v) is 15.3. The third kappa shape index (κ3) is 3.19. The third-order valence-electron chi connectivity index (χ3n) is 4.26. The van der Waals surface area contributed by atoms with Crippen LogP contribution in [0.4, 0.5) is 5.82 Å². The molecule has 0 aromatic carbocycles. The Balaban J connectivity index is 1.93. The van der Waals surface area contributed by atoms with E-state index in [1.54, 1.807) is 16.7 Å². The van der Waals surface area contributed by atoms with E-state index < -0.39 is 0 Å². The van der Waals surface area contributed by atoms with Crippen molar-refractivity contribution in [3.05, 3.63) is 66.2 Å². The summed E-state index contributed by atoms with van der Waals surface area (Å²) in [6.45, 7) is 3.36. The summed E-state index contributed by atoms with van der Waals surface area (Å²) in [6, 6.07) is 15.3. The number of pyridine rings is 3. The summed E-state index contributed by atoms with van der Waals surface area (Å²) in [4.78, 5) is 24.9. The average molecular weight is 368 g/mol. The Morgan fingerprint density at radius 1 is 1.14 bits per heavy atom. The van der Waals surface area contributed by atoms with Crippen LogP contribution in [0.2, 0.25) is 0 Å². The summed E-state index contributed by atoms with van der Waals surface area (Å²) in [5.41, 5.74) is 5.07. The van der Waals surface area contributed by atoms with E-state index in [1.165, 1.54) is 6.92 Å². The van der Waals surface area contributed by atoms with Crippen molar-refractivity contribution in [3.8, 4) is 28.6 Å². The van der Waals surface area contributed by atoms with E-state index in [1.807, 2.05) is 49.5 Å². The molecule has 0 aliphatic rings. The van der Waals surface area contributed by atoms with Crippen LogP contribution < -0.4 is 5.32 Å². The van der Waals surface area contributed by atoms with E-state index in [0.717, 1.165) is 16.8 Å². The number of aryl methyl sites for hydroxylation is 1. The van der Waals surface area contributed by atoms with Gasteiger partial charge in [-0.2, -0.15) is 5.26 Å². The summed E-state index contributed by atoms with van der Waals surface area (Å²) in [5.74, 6) is 0.262. The fourth-order valence-corrected chi connectivity index (χ4v) is 3.03. The van der Waals surface area contributed by atoms with Crippen LogP contribution in [0.25, 0.3) is 28.2 Å². The van der Waals surface area contributed by atoms with Crippen LogP contribution in [0.15, 0.2) is 54.9 Å². The maximum Gasteiger partial charge on any atom is 0.222 e. The maximum atomic E-state index is 11.4. The average Bonchev–Trinajstić information content (AvgIpc) is 3.10. The van der Waals surface area contributed by atoms with Crippen LogP contribution in [-0.4, -0.2) is 25.3 Å². The number of hydrogen-bond donors (Lipinski definition) is 1. The van der Waals surface area contributed by atoms with Gasteiger partial charge in [-0.3, -0.25) is 14.2 Å². The highest BCUT2D eigenvalue weighted by Crippen LogP contribution is 2.31. The molecule has 4 heterocycles. The first kappa shape index (κ1) is 17.4. The highest BCUT2D eigenvalue weighted by atomic mass is 16.1. The molecule has 0 saturated carbocycles. The molecule has 0 aliphatic heterocycles. The van der Waals surface area contributed by atoms with Crippen molar-refractivity contribution in [1.82, 2.24) is 19.4 Å². The van der Waals surface area contributed by atoms with Gasteiger partial charge in [0.1, 0.15) is 23.2 Å². The Kier molecular flexibility index (Phi) is 4.30. The molecule has 0 atom stereocenters. The molecule has 4 aromatic rings. The highest BCUT2D eigenvalue weighted by molar-refractivity contribution is 5.89. The summed E-state index contributed by atoms with van der Waals surface area (Å²) in [7, 11) is 0. The van der Waals surface area contributed by atoms with Gasteiger partial charge in [-0.1, -0.05) is 6.07 Å². The summed E-state index contributed by atoms with van der Waals surface area (Å²) in [5, 5.41) is 12.0. The first-order chi connectivity index (χ1) is 13.5. The molecule has 1 N–H and O–H groups in total. The molecular formula is C21H16N6O. The number of rotatable bonds is 3. The molecule has 28 heavy (non-hydrogen) atoms. The molecule has 0 saturated heterocycles. The molecule has 0 bridgehead atoms. The Labute approximate surface area is 161 Å². The lowest BCUT2D eigenvalue weighted by Gasteiger charge is -2.12. The number of hydrogen-bond acceptors (Lipinski definition) is 5. The second kappa shape index (κ2) is 6.93. The van der Waals surface area contributed by atoms with Crippen LogP contribution in [0.5, 0.6) is 0 Å². The zero-order valence-electron chi connectivity index (χ0n) is 15.3. The minimum Gasteiger partial charge on any atom is -0.311 e. The van der Waals surface area contributed by atoms with E-state index >= 15 is 0 Å². The predicted molar refractivity (Wildman–Crippen MR) is 105 cm³/mol. The number of fused-ring (bicyclic) bond motifs is 1. The molecule has 0 radical (unpaired) electrons. The van der Waals surface area contributed by atoms with E-state index in [2.05, 4.69) is 26.3 Å². The molecule has 0 aliphatic carbocycles. The van der Waals surface area contributed by atoms with Gasteiger partial charge in [-0.05, 0) is 43.3 Å². The van der Waals surface area contributed by atoms with Gasteiger partial charge in [-0.25, -0.2) is 9.97 Å². The quantitative estimate of drug-likeness (QED) is 0.596. The molecule has 1 amide bonds. The van der Waals surface area contributed by atoms with Gasteiger partial charge in [0.05, 0.1) is 17.6 Å². The van der Waals surface area contributed by atoms with E-state index in [0.29, 0.717) is 28.5 Å². The Bertz CT molecular complexity index is 1250. The van der Waals surface area contributed by atoms with Crippen molar-refractivity contribution >= 4 is 17.4 Å². The highest BCUT2D eigenvalue weighted by Gasteiger charge is 2.14. The molecule has 7 nitrogen and oxygen atoms in total. The number of anilines is 1. The van der Waals surface area contributed by atoms with Crippen molar-refractivity contribution in [1.29, 1.82) is 5.26 Å². The number of aromatic nitrogens is 4. The summed E-state index contributed by atoms with van der Waals surface area (Å²) < 4.78 is 1.74. The fourth-order valence-electron chi connectivity index (χ4n) is 3.03. The number of amides is 1. The first-order valence-electron chi connectivity index (χ1n) is 8.65. The van der Waals surface area contributed by atoms with Crippen molar-refractivity contribution in [2.45, 2.75) is 13.8 Å². The predicted octanol–water partition coefficient (Wildman–Crippen LogP) is 3.60. The van der Waals surface area contributed by atoms with Gasteiger partial charge in [0.15, 0.2) is 0 Å². The monoisotopic (exact) mass is 368 g/mol. The van der Waals surface area contributed by atoms with Crippen molar-refractivity contribution < 1.29 is 4.79 Å². The van der Waals surface area contributed by atoms with Gasteiger partial charge in [0, 0.05) is 29.9 Å². The third-order valence-corrected chi connectivity index (χ3v) is 4.26. The number of imidazole rings is 1. The molecule has 4 aromatic heterocycles.